The molecule has 2 aromatic rings. The molecule has 0 saturated carbocycles. The predicted octanol–water partition coefficient (Wildman–Crippen LogP) is 3.15. The molecule has 0 radical (unpaired) electrons. The summed E-state index contributed by atoms with van der Waals surface area (Å²) < 4.78 is 1.65. The number of rotatable bonds is 2. The molecule has 1 aromatic heterocycles. The van der Waals surface area contributed by atoms with Crippen molar-refractivity contribution in [2.45, 2.75) is 26.8 Å². The number of aromatic hydroxyl groups is 1. The Balaban J connectivity index is 2.58. The summed E-state index contributed by atoms with van der Waals surface area (Å²) in [6.45, 7) is 5.92. The van der Waals surface area contributed by atoms with Crippen LogP contribution in [0.1, 0.15) is 25.6 Å². The molecule has 84 valence electrons. The molecular formula is C13H16N2O. The molecule has 0 saturated heterocycles. The summed E-state index contributed by atoms with van der Waals surface area (Å²) in [5.74, 6) is 0.249. The average Bonchev–Trinajstić information content (AvgIpc) is 2.56. The maximum Gasteiger partial charge on any atom is 0.217 e. The van der Waals surface area contributed by atoms with E-state index < -0.39 is 0 Å². The van der Waals surface area contributed by atoms with E-state index in [4.69, 9.17) is 0 Å². The number of hydrogen-bond acceptors (Lipinski definition) is 2. The van der Waals surface area contributed by atoms with Crippen molar-refractivity contribution in [1.82, 2.24) is 9.78 Å². The maximum absolute atomic E-state index is 10.1. The van der Waals surface area contributed by atoms with Crippen molar-refractivity contribution in [3.63, 3.8) is 0 Å². The van der Waals surface area contributed by atoms with Gasteiger partial charge in [-0.25, -0.2) is 4.68 Å². The highest BCUT2D eigenvalue weighted by molar-refractivity contribution is 5.70. The zero-order chi connectivity index (χ0) is 11.7. The molecule has 1 aromatic carbocycles. The van der Waals surface area contributed by atoms with Gasteiger partial charge in [0, 0.05) is 0 Å². The molecule has 1 N–H and O–H groups in total. The summed E-state index contributed by atoms with van der Waals surface area (Å²) in [6.07, 6.45) is 0. The van der Waals surface area contributed by atoms with Gasteiger partial charge >= 0.3 is 0 Å². The highest BCUT2D eigenvalue weighted by Crippen LogP contribution is 2.33. The second-order valence-corrected chi connectivity index (χ2v) is 4.19. The van der Waals surface area contributed by atoms with Crippen molar-refractivity contribution in [2.24, 2.45) is 0 Å². The Morgan fingerprint density at radius 3 is 2.31 bits per heavy atom. The van der Waals surface area contributed by atoms with Crippen LogP contribution in [0.3, 0.4) is 0 Å². The van der Waals surface area contributed by atoms with E-state index in [9.17, 15) is 5.11 Å². The molecule has 0 aliphatic carbocycles. The van der Waals surface area contributed by atoms with Crippen molar-refractivity contribution in [2.75, 3.05) is 0 Å². The highest BCUT2D eigenvalue weighted by atomic mass is 16.3. The lowest BCUT2D eigenvalue weighted by molar-refractivity contribution is 0.378. The van der Waals surface area contributed by atoms with Crippen LogP contribution in [-0.2, 0) is 0 Å². The van der Waals surface area contributed by atoms with E-state index in [0.29, 0.717) is 0 Å². The number of benzene rings is 1. The first kappa shape index (κ1) is 10.7. The van der Waals surface area contributed by atoms with Gasteiger partial charge in [-0.1, -0.05) is 30.3 Å². The molecule has 0 bridgehead atoms. The number of nitrogens with zero attached hydrogens (tertiary/aromatic N) is 2. The van der Waals surface area contributed by atoms with Crippen LogP contribution in [0.2, 0.25) is 0 Å². The molecule has 0 aliphatic rings. The quantitative estimate of drug-likeness (QED) is 0.837. The van der Waals surface area contributed by atoms with Crippen LogP contribution >= 0.6 is 0 Å². The van der Waals surface area contributed by atoms with Crippen molar-refractivity contribution in [3.8, 4) is 17.0 Å². The van der Waals surface area contributed by atoms with Crippen LogP contribution in [0, 0.1) is 6.92 Å². The first-order valence-electron chi connectivity index (χ1n) is 5.44. The summed E-state index contributed by atoms with van der Waals surface area (Å²) in [5.41, 5.74) is 2.69. The van der Waals surface area contributed by atoms with Gasteiger partial charge in [0.1, 0.15) is 0 Å². The Kier molecular flexibility index (Phi) is 2.69. The number of aryl methyl sites for hydroxylation is 1. The number of hydrogen-bond donors (Lipinski definition) is 1. The summed E-state index contributed by atoms with van der Waals surface area (Å²) >= 11 is 0. The lowest BCUT2D eigenvalue weighted by Gasteiger charge is -2.06. The standard InChI is InChI=1S/C13H16N2O/c1-9(2)15-13(16)12(10(3)14-15)11-7-5-4-6-8-11/h4-9,16H,1-3H3. The zero-order valence-electron chi connectivity index (χ0n) is 9.81. The summed E-state index contributed by atoms with van der Waals surface area (Å²) in [5, 5.41) is 14.5. The molecule has 2 rings (SSSR count). The van der Waals surface area contributed by atoms with Gasteiger partial charge < -0.3 is 5.11 Å². The molecule has 0 spiro atoms. The van der Waals surface area contributed by atoms with E-state index in [2.05, 4.69) is 5.10 Å². The molecule has 3 heteroatoms. The van der Waals surface area contributed by atoms with Gasteiger partial charge in [0.2, 0.25) is 5.88 Å². The van der Waals surface area contributed by atoms with Gasteiger partial charge in [-0.15, -0.1) is 0 Å². The highest BCUT2D eigenvalue weighted by Gasteiger charge is 2.17. The second-order valence-electron chi connectivity index (χ2n) is 4.19. The van der Waals surface area contributed by atoms with Crippen LogP contribution in [0.15, 0.2) is 30.3 Å². The van der Waals surface area contributed by atoms with E-state index in [1.54, 1.807) is 4.68 Å². The van der Waals surface area contributed by atoms with Crippen LogP contribution < -0.4 is 0 Å². The minimum absolute atomic E-state index is 0.163. The third-order valence-electron chi connectivity index (χ3n) is 2.61. The SMILES string of the molecule is Cc1nn(C(C)C)c(O)c1-c1ccccc1. The van der Waals surface area contributed by atoms with Crippen molar-refractivity contribution in [3.05, 3.63) is 36.0 Å². The molecule has 0 aliphatic heterocycles. The van der Waals surface area contributed by atoms with Gasteiger partial charge in [-0.3, -0.25) is 0 Å². The normalized spacial score (nSPS) is 11.0. The average molecular weight is 216 g/mol. The lowest BCUT2D eigenvalue weighted by atomic mass is 10.1. The smallest absolute Gasteiger partial charge is 0.217 e. The Morgan fingerprint density at radius 2 is 1.81 bits per heavy atom. The van der Waals surface area contributed by atoms with Crippen molar-refractivity contribution >= 4 is 0 Å². The van der Waals surface area contributed by atoms with Gasteiger partial charge in [-0.2, -0.15) is 5.10 Å². The van der Waals surface area contributed by atoms with E-state index in [1.165, 1.54) is 0 Å². The Bertz CT molecular complexity index is 486. The molecule has 3 nitrogen and oxygen atoms in total. The largest absolute Gasteiger partial charge is 0.493 e. The third-order valence-corrected chi connectivity index (χ3v) is 2.61. The first-order chi connectivity index (χ1) is 7.61. The monoisotopic (exact) mass is 216 g/mol. The molecular weight excluding hydrogens is 200 g/mol. The minimum Gasteiger partial charge on any atom is -0.493 e. The van der Waals surface area contributed by atoms with E-state index in [0.717, 1.165) is 16.8 Å². The van der Waals surface area contributed by atoms with Crippen LogP contribution in [0.4, 0.5) is 0 Å². The Morgan fingerprint density at radius 1 is 1.19 bits per heavy atom. The van der Waals surface area contributed by atoms with E-state index in [1.807, 2.05) is 51.1 Å². The van der Waals surface area contributed by atoms with Crippen LogP contribution in [0.5, 0.6) is 5.88 Å². The van der Waals surface area contributed by atoms with E-state index in [-0.39, 0.29) is 11.9 Å². The predicted molar refractivity (Wildman–Crippen MR) is 64.4 cm³/mol. The van der Waals surface area contributed by atoms with E-state index >= 15 is 0 Å². The lowest BCUT2D eigenvalue weighted by Crippen LogP contribution is -2.01. The van der Waals surface area contributed by atoms with Crippen LogP contribution in [0.25, 0.3) is 11.1 Å². The fraction of sp³-hybridized carbons (Fsp3) is 0.308. The fourth-order valence-electron chi connectivity index (χ4n) is 1.84. The molecule has 0 fully saturated rings. The van der Waals surface area contributed by atoms with Crippen molar-refractivity contribution in [1.29, 1.82) is 0 Å². The molecule has 0 unspecified atom stereocenters. The minimum atomic E-state index is 0.163. The summed E-state index contributed by atoms with van der Waals surface area (Å²) in [6, 6.07) is 10.0. The van der Waals surface area contributed by atoms with Crippen molar-refractivity contribution < 1.29 is 5.11 Å². The molecule has 16 heavy (non-hydrogen) atoms. The first-order valence-corrected chi connectivity index (χ1v) is 5.44. The van der Waals surface area contributed by atoms with Gasteiger partial charge in [0.15, 0.2) is 0 Å². The molecule has 0 atom stereocenters. The fourth-order valence-corrected chi connectivity index (χ4v) is 1.84. The second kappa shape index (κ2) is 4.00. The Labute approximate surface area is 95.3 Å². The topological polar surface area (TPSA) is 38.0 Å². The zero-order valence-corrected chi connectivity index (χ0v) is 9.81. The van der Waals surface area contributed by atoms with Gasteiger partial charge in [0.05, 0.1) is 17.3 Å². The summed E-state index contributed by atoms with van der Waals surface area (Å²) in [4.78, 5) is 0. The summed E-state index contributed by atoms with van der Waals surface area (Å²) in [7, 11) is 0. The molecule has 0 amide bonds. The van der Waals surface area contributed by atoms with Crippen LogP contribution in [-0.4, -0.2) is 14.9 Å². The Hall–Kier alpha value is -1.77. The van der Waals surface area contributed by atoms with Gasteiger partial charge in [0.25, 0.3) is 0 Å². The number of aromatic nitrogens is 2. The molecule has 1 heterocycles. The maximum atomic E-state index is 10.1. The third kappa shape index (κ3) is 1.69. The van der Waals surface area contributed by atoms with Gasteiger partial charge in [-0.05, 0) is 26.3 Å².